The fourth-order valence-electron chi connectivity index (χ4n) is 3.08. The van der Waals surface area contributed by atoms with Crippen LogP contribution < -0.4 is 0 Å². The van der Waals surface area contributed by atoms with E-state index < -0.39 is 0 Å². The predicted octanol–water partition coefficient (Wildman–Crippen LogP) is 5.08. The third kappa shape index (κ3) is 2.61. The van der Waals surface area contributed by atoms with E-state index >= 15 is 0 Å². The Kier molecular flexibility index (Phi) is 3.93. The number of hydrogen-bond acceptors (Lipinski definition) is 1. The topological polar surface area (TPSA) is 25.2 Å². The second-order valence-electron chi connectivity index (χ2n) is 6.19. The van der Waals surface area contributed by atoms with Crippen LogP contribution in [0.2, 0.25) is 0 Å². The molecule has 0 fully saturated rings. The molecule has 2 heteroatoms. The Morgan fingerprint density at radius 1 is 1.05 bits per heavy atom. The lowest BCUT2D eigenvalue weighted by atomic mass is 10.0. The molecule has 3 rings (SSSR count). The average molecular weight is 293 g/mol. The minimum absolute atomic E-state index is 0.314. The Bertz CT molecular complexity index is 784. The van der Waals surface area contributed by atoms with Gasteiger partial charge in [0.15, 0.2) is 0 Å². The van der Waals surface area contributed by atoms with E-state index in [0.29, 0.717) is 11.7 Å². The van der Waals surface area contributed by atoms with Crippen molar-refractivity contribution in [3.05, 3.63) is 65.4 Å². The van der Waals surface area contributed by atoms with E-state index in [4.69, 9.17) is 0 Å². The first-order valence-electron chi connectivity index (χ1n) is 7.99. The Hall–Kier alpha value is -2.22. The van der Waals surface area contributed by atoms with Crippen LogP contribution in [0.15, 0.2) is 48.5 Å². The number of fused-ring (bicyclic) bond motifs is 1. The lowest BCUT2D eigenvalue weighted by Gasteiger charge is -2.13. The fraction of sp³-hybridized carbons (Fsp3) is 0.300. The van der Waals surface area contributed by atoms with Gasteiger partial charge in [0.05, 0.1) is 0 Å². The van der Waals surface area contributed by atoms with Crippen molar-refractivity contribution in [2.45, 2.75) is 39.7 Å². The number of aromatic hydroxyl groups is 1. The number of rotatable bonds is 4. The number of hydrogen-bond donors (Lipinski definition) is 1. The summed E-state index contributed by atoms with van der Waals surface area (Å²) in [6, 6.07) is 16.8. The van der Waals surface area contributed by atoms with Crippen LogP contribution in [-0.2, 0) is 13.0 Å². The monoisotopic (exact) mass is 293 g/mol. The van der Waals surface area contributed by atoms with E-state index in [1.54, 1.807) is 0 Å². The van der Waals surface area contributed by atoms with Crippen molar-refractivity contribution >= 4 is 10.9 Å². The van der Waals surface area contributed by atoms with Gasteiger partial charge in [-0.3, -0.25) is 0 Å². The maximum atomic E-state index is 10.2. The van der Waals surface area contributed by atoms with Gasteiger partial charge in [0, 0.05) is 23.1 Å². The second-order valence-corrected chi connectivity index (χ2v) is 6.19. The fourth-order valence-corrected chi connectivity index (χ4v) is 3.08. The third-order valence-corrected chi connectivity index (χ3v) is 4.30. The maximum absolute atomic E-state index is 10.2. The molecule has 0 aliphatic heterocycles. The molecule has 0 radical (unpaired) electrons. The van der Waals surface area contributed by atoms with Gasteiger partial charge in [0.1, 0.15) is 5.75 Å². The molecule has 0 saturated heterocycles. The zero-order valence-electron chi connectivity index (χ0n) is 13.5. The lowest BCUT2D eigenvalue weighted by Crippen LogP contribution is -2.03. The summed E-state index contributed by atoms with van der Waals surface area (Å²) in [5.74, 6) is 0.719. The van der Waals surface area contributed by atoms with Gasteiger partial charge in [-0.1, -0.05) is 51.1 Å². The molecule has 22 heavy (non-hydrogen) atoms. The molecule has 0 saturated carbocycles. The summed E-state index contributed by atoms with van der Waals surface area (Å²) in [6.45, 7) is 7.28. The number of phenols is 1. The van der Waals surface area contributed by atoms with Crippen molar-refractivity contribution in [3.63, 3.8) is 0 Å². The zero-order valence-corrected chi connectivity index (χ0v) is 13.5. The van der Waals surface area contributed by atoms with E-state index in [-0.39, 0.29) is 0 Å². The standard InChI is InChI=1S/C20H23NO/c1-4-17-10-16-11-20(22)18(14(2)3)12-19(16)21(17)13-15-8-6-5-7-9-15/h5-12,14,22H,4,13H2,1-3H3. The first kappa shape index (κ1) is 14.7. The van der Waals surface area contributed by atoms with Gasteiger partial charge in [-0.25, -0.2) is 0 Å². The van der Waals surface area contributed by atoms with E-state index in [0.717, 1.165) is 23.9 Å². The van der Waals surface area contributed by atoms with Gasteiger partial charge in [-0.2, -0.15) is 0 Å². The molecule has 1 N–H and O–H groups in total. The van der Waals surface area contributed by atoms with Gasteiger partial charge in [0.25, 0.3) is 0 Å². The molecule has 0 aliphatic carbocycles. The molecule has 2 aromatic carbocycles. The largest absolute Gasteiger partial charge is 0.508 e. The Morgan fingerprint density at radius 2 is 1.77 bits per heavy atom. The summed E-state index contributed by atoms with van der Waals surface area (Å²) in [5.41, 5.74) is 4.83. The summed E-state index contributed by atoms with van der Waals surface area (Å²) in [6.07, 6.45) is 0.985. The van der Waals surface area contributed by atoms with Crippen LogP contribution in [0.25, 0.3) is 10.9 Å². The maximum Gasteiger partial charge on any atom is 0.119 e. The summed E-state index contributed by atoms with van der Waals surface area (Å²) < 4.78 is 2.37. The highest BCUT2D eigenvalue weighted by molar-refractivity contribution is 5.84. The number of phenolic OH excluding ortho intramolecular Hbond substituents is 1. The van der Waals surface area contributed by atoms with Crippen LogP contribution in [-0.4, -0.2) is 9.67 Å². The normalized spacial score (nSPS) is 11.5. The number of aromatic nitrogens is 1. The molecule has 0 amide bonds. The summed E-state index contributed by atoms with van der Waals surface area (Å²) in [7, 11) is 0. The lowest BCUT2D eigenvalue weighted by molar-refractivity contribution is 0.466. The van der Waals surface area contributed by atoms with Crippen LogP contribution in [0.5, 0.6) is 5.75 Å². The highest BCUT2D eigenvalue weighted by Crippen LogP contribution is 2.32. The van der Waals surface area contributed by atoms with Crippen LogP contribution in [0.4, 0.5) is 0 Å². The van der Waals surface area contributed by atoms with Crippen LogP contribution in [0.3, 0.4) is 0 Å². The highest BCUT2D eigenvalue weighted by Gasteiger charge is 2.13. The minimum atomic E-state index is 0.314. The third-order valence-electron chi connectivity index (χ3n) is 4.30. The molecular formula is C20H23NO. The molecule has 3 aromatic rings. The first-order chi connectivity index (χ1) is 10.6. The zero-order chi connectivity index (χ0) is 15.7. The van der Waals surface area contributed by atoms with Gasteiger partial charge < -0.3 is 9.67 Å². The van der Waals surface area contributed by atoms with Gasteiger partial charge in [-0.05, 0) is 41.7 Å². The molecule has 1 heterocycles. The molecule has 0 spiro atoms. The van der Waals surface area contributed by atoms with Crippen molar-refractivity contribution in [1.29, 1.82) is 0 Å². The van der Waals surface area contributed by atoms with E-state index in [1.807, 2.05) is 12.1 Å². The molecule has 0 atom stereocenters. The van der Waals surface area contributed by atoms with E-state index in [2.05, 4.69) is 61.7 Å². The Balaban J connectivity index is 2.16. The molecular weight excluding hydrogens is 270 g/mol. The average Bonchev–Trinajstić information content (AvgIpc) is 2.84. The first-order valence-corrected chi connectivity index (χ1v) is 7.99. The SMILES string of the molecule is CCc1cc2cc(O)c(C(C)C)cc2n1Cc1ccccc1. The number of nitrogens with zero attached hydrogens (tertiary/aromatic N) is 1. The van der Waals surface area contributed by atoms with Crippen molar-refractivity contribution in [2.75, 3.05) is 0 Å². The van der Waals surface area contributed by atoms with Crippen LogP contribution in [0, 0.1) is 0 Å². The molecule has 1 aromatic heterocycles. The van der Waals surface area contributed by atoms with Crippen LogP contribution >= 0.6 is 0 Å². The van der Waals surface area contributed by atoms with E-state index in [9.17, 15) is 5.11 Å². The van der Waals surface area contributed by atoms with Gasteiger partial charge in [-0.15, -0.1) is 0 Å². The van der Waals surface area contributed by atoms with Crippen molar-refractivity contribution in [3.8, 4) is 5.75 Å². The Labute approximate surface area is 132 Å². The molecule has 114 valence electrons. The van der Waals surface area contributed by atoms with Gasteiger partial charge in [0.2, 0.25) is 0 Å². The second kappa shape index (κ2) is 5.88. The highest BCUT2D eigenvalue weighted by atomic mass is 16.3. The minimum Gasteiger partial charge on any atom is -0.508 e. The molecule has 2 nitrogen and oxygen atoms in total. The van der Waals surface area contributed by atoms with Crippen molar-refractivity contribution in [2.24, 2.45) is 0 Å². The van der Waals surface area contributed by atoms with Crippen LogP contribution in [0.1, 0.15) is 43.5 Å². The molecule has 0 bridgehead atoms. The Morgan fingerprint density at radius 3 is 2.41 bits per heavy atom. The smallest absolute Gasteiger partial charge is 0.119 e. The van der Waals surface area contributed by atoms with Gasteiger partial charge >= 0.3 is 0 Å². The predicted molar refractivity (Wildman–Crippen MR) is 92.6 cm³/mol. The number of aryl methyl sites for hydroxylation is 1. The quantitative estimate of drug-likeness (QED) is 0.713. The molecule has 0 unspecified atom stereocenters. The van der Waals surface area contributed by atoms with Crippen molar-refractivity contribution < 1.29 is 5.11 Å². The number of benzene rings is 2. The summed E-state index contributed by atoms with van der Waals surface area (Å²) >= 11 is 0. The summed E-state index contributed by atoms with van der Waals surface area (Å²) in [5, 5.41) is 11.4. The molecule has 0 aliphatic rings. The van der Waals surface area contributed by atoms with E-state index in [1.165, 1.54) is 16.8 Å². The van der Waals surface area contributed by atoms with Crippen molar-refractivity contribution in [1.82, 2.24) is 4.57 Å². The summed E-state index contributed by atoms with van der Waals surface area (Å²) in [4.78, 5) is 0.